The van der Waals surface area contributed by atoms with Crippen LogP contribution in [0.3, 0.4) is 0 Å². The van der Waals surface area contributed by atoms with E-state index < -0.39 is 0 Å². The largest absolute Gasteiger partial charge is 0.0889 e. The topological polar surface area (TPSA) is 48.8 Å². The number of hydrogen-bond donors (Lipinski definition) is 0. The van der Waals surface area contributed by atoms with Gasteiger partial charge in [0.2, 0.25) is 0 Å². The van der Waals surface area contributed by atoms with Crippen LogP contribution in [0.15, 0.2) is 54.2 Å². The van der Waals surface area contributed by atoms with Gasteiger partial charge in [-0.3, -0.25) is 0 Å². The minimum absolute atomic E-state index is 0.453. The lowest BCUT2D eigenvalue weighted by atomic mass is 10.0. The molecule has 0 aliphatic heterocycles. The fraction of sp³-hybridized carbons (Fsp3) is 0. The van der Waals surface area contributed by atoms with E-state index >= 15 is 0 Å². The lowest BCUT2D eigenvalue weighted by molar-refractivity contribution is 1.51. The molecule has 0 aliphatic carbocycles. The summed E-state index contributed by atoms with van der Waals surface area (Å²) in [5.41, 5.74) is 9.70. The predicted octanol–water partition coefficient (Wildman–Crippen LogP) is 4.12. The van der Waals surface area contributed by atoms with Crippen LogP contribution in [0.1, 0.15) is 5.56 Å². The van der Waals surface area contributed by atoms with E-state index in [0.717, 1.165) is 16.3 Å². The monoisotopic (exact) mass is 195 g/mol. The van der Waals surface area contributed by atoms with Gasteiger partial charge in [0.15, 0.2) is 0 Å². The van der Waals surface area contributed by atoms with Gasteiger partial charge in [0, 0.05) is 10.6 Å². The maximum absolute atomic E-state index is 8.37. The highest BCUT2D eigenvalue weighted by Crippen LogP contribution is 2.24. The van der Waals surface area contributed by atoms with E-state index in [-0.39, 0.29) is 0 Å². The molecule has 2 aromatic carbocycles. The molecule has 0 amide bonds. The molecule has 0 saturated heterocycles. The SMILES string of the molecule is C=C(N=[N+]=[N-])c1cccc2ccccc12. The first kappa shape index (κ1) is 9.31. The second kappa shape index (κ2) is 3.86. The molecule has 15 heavy (non-hydrogen) atoms. The van der Waals surface area contributed by atoms with Gasteiger partial charge in [0.05, 0.1) is 0 Å². The van der Waals surface area contributed by atoms with Gasteiger partial charge in [-0.2, -0.15) is 0 Å². The van der Waals surface area contributed by atoms with Gasteiger partial charge >= 0.3 is 0 Å². The zero-order chi connectivity index (χ0) is 10.7. The zero-order valence-corrected chi connectivity index (χ0v) is 8.09. The Morgan fingerprint density at radius 3 is 2.67 bits per heavy atom. The average Bonchev–Trinajstić information content (AvgIpc) is 2.28. The summed E-state index contributed by atoms with van der Waals surface area (Å²) in [6, 6.07) is 13.8. The Kier molecular flexibility index (Phi) is 2.40. The van der Waals surface area contributed by atoms with Crippen LogP contribution in [-0.4, -0.2) is 0 Å². The molecule has 0 N–H and O–H groups in total. The maximum atomic E-state index is 8.37. The summed E-state index contributed by atoms with van der Waals surface area (Å²) < 4.78 is 0. The van der Waals surface area contributed by atoms with Gasteiger partial charge < -0.3 is 0 Å². The van der Waals surface area contributed by atoms with Crippen LogP contribution in [0.5, 0.6) is 0 Å². The van der Waals surface area contributed by atoms with Gasteiger partial charge in [-0.1, -0.05) is 54.2 Å². The van der Waals surface area contributed by atoms with Crippen molar-refractivity contribution in [1.29, 1.82) is 0 Å². The van der Waals surface area contributed by atoms with Crippen molar-refractivity contribution in [2.24, 2.45) is 5.11 Å². The molecule has 0 aliphatic rings. The Labute approximate surface area is 87.3 Å². The van der Waals surface area contributed by atoms with Crippen LogP contribution in [0.4, 0.5) is 0 Å². The molecule has 0 radical (unpaired) electrons. The van der Waals surface area contributed by atoms with Gasteiger partial charge in [0.25, 0.3) is 0 Å². The Hall–Kier alpha value is -2.25. The van der Waals surface area contributed by atoms with Gasteiger partial charge in [0.1, 0.15) is 0 Å². The fourth-order valence-electron chi connectivity index (χ4n) is 1.58. The highest BCUT2D eigenvalue weighted by molar-refractivity contribution is 5.93. The summed E-state index contributed by atoms with van der Waals surface area (Å²) in [5, 5.41) is 5.70. The fourth-order valence-corrected chi connectivity index (χ4v) is 1.58. The third kappa shape index (κ3) is 1.68. The van der Waals surface area contributed by atoms with E-state index in [1.807, 2.05) is 42.5 Å². The normalized spacial score (nSPS) is 9.60. The lowest BCUT2D eigenvalue weighted by Gasteiger charge is -2.04. The number of azide groups is 1. The van der Waals surface area contributed by atoms with Crippen LogP contribution >= 0.6 is 0 Å². The Balaban J connectivity index is 2.71. The maximum Gasteiger partial charge on any atom is 0.0382 e. The number of fused-ring (bicyclic) bond motifs is 1. The first-order valence-electron chi connectivity index (χ1n) is 4.55. The summed E-state index contributed by atoms with van der Waals surface area (Å²) in [7, 11) is 0. The molecule has 2 aromatic rings. The highest BCUT2D eigenvalue weighted by Gasteiger charge is 2.01. The van der Waals surface area contributed by atoms with Crippen LogP contribution in [0.25, 0.3) is 26.9 Å². The molecular formula is C12H9N3. The molecule has 0 spiro atoms. The third-order valence-electron chi connectivity index (χ3n) is 2.27. The first-order chi connectivity index (χ1) is 7.33. The summed E-state index contributed by atoms with van der Waals surface area (Å²) >= 11 is 0. The molecule has 0 fully saturated rings. The van der Waals surface area contributed by atoms with E-state index in [2.05, 4.69) is 16.6 Å². The summed E-state index contributed by atoms with van der Waals surface area (Å²) in [6.45, 7) is 3.74. The lowest BCUT2D eigenvalue weighted by Crippen LogP contribution is -1.81. The van der Waals surface area contributed by atoms with Gasteiger partial charge in [-0.05, 0) is 21.9 Å². The molecule has 72 valence electrons. The standard InChI is InChI=1S/C12H9N3/c1-9(14-15-13)11-8-4-6-10-5-2-3-7-12(10)11/h2-8H,1H2. The van der Waals surface area contributed by atoms with Gasteiger partial charge in [-0.25, -0.2) is 0 Å². The van der Waals surface area contributed by atoms with Crippen LogP contribution in [0, 0.1) is 0 Å². The second-order valence-electron chi connectivity index (χ2n) is 3.16. The van der Waals surface area contributed by atoms with Crippen LogP contribution in [0.2, 0.25) is 0 Å². The summed E-state index contributed by atoms with van der Waals surface area (Å²) in [4.78, 5) is 2.74. The molecular weight excluding hydrogens is 186 g/mol. The quantitative estimate of drug-likeness (QED) is 0.393. The molecule has 0 bridgehead atoms. The minimum atomic E-state index is 0.453. The molecule has 0 saturated carbocycles. The second-order valence-corrected chi connectivity index (χ2v) is 3.16. The number of hydrogen-bond acceptors (Lipinski definition) is 1. The van der Waals surface area contributed by atoms with Crippen LogP contribution < -0.4 is 0 Å². The molecule has 0 aromatic heterocycles. The van der Waals surface area contributed by atoms with E-state index in [0.29, 0.717) is 5.70 Å². The molecule has 3 nitrogen and oxygen atoms in total. The van der Waals surface area contributed by atoms with Crippen molar-refractivity contribution in [3.05, 3.63) is 65.0 Å². The third-order valence-corrected chi connectivity index (χ3v) is 2.27. The molecule has 0 atom stereocenters. The van der Waals surface area contributed by atoms with E-state index in [1.54, 1.807) is 0 Å². The molecule has 0 unspecified atom stereocenters. The van der Waals surface area contributed by atoms with E-state index in [4.69, 9.17) is 5.53 Å². The summed E-state index contributed by atoms with van der Waals surface area (Å²) in [6.07, 6.45) is 0. The Morgan fingerprint density at radius 1 is 1.13 bits per heavy atom. The molecule has 2 rings (SSSR count). The van der Waals surface area contributed by atoms with Crippen molar-refractivity contribution in [3.63, 3.8) is 0 Å². The van der Waals surface area contributed by atoms with Crippen molar-refractivity contribution in [3.8, 4) is 0 Å². The van der Waals surface area contributed by atoms with Crippen molar-refractivity contribution in [2.45, 2.75) is 0 Å². The Bertz CT molecular complexity index is 561. The zero-order valence-electron chi connectivity index (χ0n) is 8.09. The van der Waals surface area contributed by atoms with E-state index in [1.165, 1.54) is 0 Å². The molecule has 3 heteroatoms. The van der Waals surface area contributed by atoms with Crippen molar-refractivity contribution >= 4 is 16.5 Å². The predicted molar refractivity (Wildman–Crippen MR) is 62.1 cm³/mol. The average molecular weight is 195 g/mol. The summed E-state index contributed by atoms with van der Waals surface area (Å²) in [5.74, 6) is 0. The van der Waals surface area contributed by atoms with Crippen molar-refractivity contribution in [2.75, 3.05) is 0 Å². The minimum Gasteiger partial charge on any atom is -0.0889 e. The molecule has 0 heterocycles. The smallest absolute Gasteiger partial charge is 0.0382 e. The number of rotatable bonds is 2. The Morgan fingerprint density at radius 2 is 1.87 bits per heavy atom. The number of nitrogens with zero attached hydrogens (tertiary/aromatic N) is 3. The highest BCUT2D eigenvalue weighted by atomic mass is 15.1. The van der Waals surface area contributed by atoms with Crippen molar-refractivity contribution < 1.29 is 0 Å². The van der Waals surface area contributed by atoms with Gasteiger partial charge in [-0.15, -0.1) is 0 Å². The first-order valence-corrected chi connectivity index (χ1v) is 4.55. The van der Waals surface area contributed by atoms with Crippen LogP contribution in [-0.2, 0) is 0 Å². The van der Waals surface area contributed by atoms with Crippen molar-refractivity contribution in [1.82, 2.24) is 0 Å². The number of benzene rings is 2. The van der Waals surface area contributed by atoms with E-state index in [9.17, 15) is 0 Å².